The van der Waals surface area contributed by atoms with Crippen molar-refractivity contribution in [2.75, 3.05) is 18.5 Å². The van der Waals surface area contributed by atoms with E-state index in [9.17, 15) is 22.8 Å². The van der Waals surface area contributed by atoms with Gasteiger partial charge < -0.3 is 20.7 Å². The van der Waals surface area contributed by atoms with Crippen LogP contribution in [-0.2, 0) is 24.3 Å². The predicted molar refractivity (Wildman–Crippen MR) is 117 cm³/mol. The summed E-state index contributed by atoms with van der Waals surface area (Å²) >= 11 is 0. The summed E-state index contributed by atoms with van der Waals surface area (Å²) in [6.45, 7) is 8.80. The number of hydrogen-bond donors (Lipinski definition) is 4. The van der Waals surface area contributed by atoms with Crippen LogP contribution in [0.5, 0.6) is 0 Å². The van der Waals surface area contributed by atoms with Gasteiger partial charge in [0, 0.05) is 25.2 Å². The number of anilines is 1. The third-order valence-corrected chi connectivity index (χ3v) is 5.64. The number of rotatable bonds is 11. The minimum atomic E-state index is -3.95. The monoisotopic (exact) mass is 456 g/mol. The molecule has 1 aromatic carbocycles. The molecule has 174 valence electrons. The molecule has 0 saturated heterocycles. The van der Waals surface area contributed by atoms with E-state index in [4.69, 9.17) is 4.74 Å². The molecule has 3 amide bonds. The molecule has 0 fully saturated rings. The highest BCUT2D eigenvalue weighted by molar-refractivity contribution is 7.89. The van der Waals surface area contributed by atoms with E-state index in [1.54, 1.807) is 6.92 Å². The van der Waals surface area contributed by atoms with Crippen LogP contribution in [0.3, 0.4) is 0 Å². The van der Waals surface area contributed by atoms with Crippen molar-refractivity contribution in [2.45, 2.75) is 58.0 Å². The minimum absolute atomic E-state index is 0.0390. The maximum atomic E-state index is 12.5. The van der Waals surface area contributed by atoms with Crippen LogP contribution < -0.4 is 20.7 Å². The van der Waals surface area contributed by atoms with Crippen LogP contribution in [0.15, 0.2) is 29.2 Å². The second-order valence-electron chi connectivity index (χ2n) is 7.48. The molecular weight excluding hydrogens is 424 g/mol. The molecule has 0 aliphatic rings. The average Bonchev–Trinajstić information content (AvgIpc) is 2.65. The molecule has 1 aromatic rings. The summed E-state index contributed by atoms with van der Waals surface area (Å²) < 4.78 is 32.3. The molecule has 2 atom stereocenters. The zero-order valence-electron chi connectivity index (χ0n) is 18.5. The molecule has 1 rings (SSSR count). The van der Waals surface area contributed by atoms with Gasteiger partial charge >= 0.3 is 6.09 Å². The lowest BCUT2D eigenvalue weighted by atomic mass is 10.0. The molecule has 0 heterocycles. The van der Waals surface area contributed by atoms with E-state index in [-0.39, 0.29) is 35.9 Å². The first-order valence-corrected chi connectivity index (χ1v) is 11.5. The van der Waals surface area contributed by atoms with Crippen LogP contribution >= 0.6 is 0 Å². The number of hydrogen-bond acceptors (Lipinski definition) is 6. The van der Waals surface area contributed by atoms with Crippen molar-refractivity contribution in [1.29, 1.82) is 0 Å². The summed E-state index contributed by atoms with van der Waals surface area (Å²) in [5, 5.41) is 7.90. The fraction of sp³-hybridized carbons (Fsp3) is 0.550. The molecule has 1 unspecified atom stereocenters. The fourth-order valence-corrected chi connectivity index (χ4v) is 3.96. The molecule has 0 saturated carbocycles. The minimum Gasteiger partial charge on any atom is -0.450 e. The van der Waals surface area contributed by atoms with Crippen LogP contribution in [0.4, 0.5) is 10.5 Å². The van der Waals surface area contributed by atoms with E-state index >= 15 is 0 Å². The highest BCUT2D eigenvalue weighted by Crippen LogP contribution is 2.14. The summed E-state index contributed by atoms with van der Waals surface area (Å²) in [5.41, 5.74) is 0.461. The van der Waals surface area contributed by atoms with Gasteiger partial charge in [-0.15, -0.1) is 0 Å². The molecule has 0 radical (unpaired) electrons. The molecule has 0 spiro atoms. The van der Waals surface area contributed by atoms with Crippen molar-refractivity contribution >= 4 is 33.6 Å². The lowest BCUT2D eigenvalue weighted by molar-refractivity contribution is -0.122. The zero-order valence-corrected chi connectivity index (χ0v) is 19.3. The highest BCUT2D eigenvalue weighted by atomic mass is 32.2. The third kappa shape index (κ3) is 9.79. The van der Waals surface area contributed by atoms with Gasteiger partial charge in [0.2, 0.25) is 21.8 Å². The van der Waals surface area contributed by atoms with Crippen LogP contribution in [0.25, 0.3) is 0 Å². The molecule has 4 N–H and O–H groups in total. The van der Waals surface area contributed by atoms with E-state index in [0.717, 1.165) is 0 Å². The standard InChI is InChI=1S/C20H32N4O6S/c1-6-30-20(27)23-17(11-13(2)3)12-21-19(26)14(4)24-31(28,29)18-9-7-16(8-10-18)22-15(5)25/h7-10,13-14,17,24H,6,11-12H2,1-5H3,(H,21,26)(H,22,25)(H,23,27)/t14-,17?/m0/s1. The van der Waals surface area contributed by atoms with Crippen molar-refractivity contribution in [3.63, 3.8) is 0 Å². The van der Waals surface area contributed by atoms with Gasteiger partial charge in [-0.2, -0.15) is 4.72 Å². The Balaban J connectivity index is 2.70. The maximum Gasteiger partial charge on any atom is 0.407 e. The Morgan fingerprint density at radius 1 is 1.06 bits per heavy atom. The van der Waals surface area contributed by atoms with Crippen molar-refractivity contribution in [1.82, 2.24) is 15.4 Å². The number of benzene rings is 1. The van der Waals surface area contributed by atoms with Crippen LogP contribution in [-0.4, -0.2) is 51.6 Å². The topological polar surface area (TPSA) is 143 Å². The Morgan fingerprint density at radius 2 is 1.68 bits per heavy atom. The Labute approximate surface area is 183 Å². The lowest BCUT2D eigenvalue weighted by Gasteiger charge is -2.22. The average molecular weight is 457 g/mol. The van der Waals surface area contributed by atoms with Crippen molar-refractivity contribution in [3.8, 4) is 0 Å². The van der Waals surface area contributed by atoms with Gasteiger partial charge in [-0.25, -0.2) is 13.2 Å². The summed E-state index contributed by atoms with van der Waals surface area (Å²) in [5.74, 6) is -0.537. The van der Waals surface area contributed by atoms with Crippen LogP contribution in [0, 0.1) is 5.92 Å². The summed E-state index contributed by atoms with van der Waals surface area (Å²) in [6, 6.07) is 4.19. The van der Waals surface area contributed by atoms with Gasteiger partial charge in [0.05, 0.1) is 17.5 Å². The van der Waals surface area contributed by atoms with E-state index in [0.29, 0.717) is 12.1 Å². The van der Waals surface area contributed by atoms with Crippen LogP contribution in [0.2, 0.25) is 0 Å². The van der Waals surface area contributed by atoms with E-state index in [2.05, 4.69) is 20.7 Å². The zero-order chi connectivity index (χ0) is 23.6. The first kappa shape index (κ1) is 26.4. The number of nitrogens with one attached hydrogen (secondary N) is 4. The summed E-state index contributed by atoms with van der Waals surface area (Å²) in [4.78, 5) is 35.1. The third-order valence-electron chi connectivity index (χ3n) is 4.09. The quantitative estimate of drug-likeness (QED) is 0.398. The second kappa shape index (κ2) is 12.3. The fourth-order valence-electron chi connectivity index (χ4n) is 2.75. The normalized spacial score (nSPS) is 13.2. The molecule has 31 heavy (non-hydrogen) atoms. The number of sulfonamides is 1. The first-order valence-electron chi connectivity index (χ1n) is 10.1. The Bertz CT molecular complexity index is 855. The smallest absolute Gasteiger partial charge is 0.407 e. The molecule has 0 aliphatic carbocycles. The predicted octanol–water partition coefficient (Wildman–Crippen LogP) is 1.59. The van der Waals surface area contributed by atoms with Gasteiger partial charge in [0.25, 0.3) is 0 Å². The van der Waals surface area contributed by atoms with Crippen LogP contribution in [0.1, 0.15) is 41.0 Å². The van der Waals surface area contributed by atoms with Gasteiger partial charge in [-0.3, -0.25) is 9.59 Å². The Morgan fingerprint density at radius 3 is 2.19 bits per heavy atom. The Hall–Kier alpha value is -2.66. The number of alkyl carbamates (subject to hydrolysis) is 1. The van der Waals surface area contributed by atoms with Gasteiger partial charge in [-0.1, -0.05) is 13.8 Å². The number of amides is 3. The largest absolute Gasteiger partial charge is 0.450 e. The molecule has 11 heteroatoms. The van der Waals surface area contributed by atoms with Gasteiger partial charge in [0.1, 0.15) is 0 Å². The van der Waals surface area contributed by atoms with Gasteiger partial charge in [-0.05, 0) is 50.5 Å². The summed E-state index contributed by atoms with van der Waals surface area (Å²) in [7, 11) is -3.95. The second-order valence-corrected chi connectivity index (χ2v) is 9.20. The highest BCUT2D eigenvalue weighted by Gasteiger charge is 2.23. The SMILES string of the molecule is CCOC(=O)NC(CNC(=O)[C@H](C)NS(=O)(=O)c1ccc(NC(C)=O)cc1)CC(C)C. The molecule has 0 aromatic heterocycles. The molecule has 10 nitrogen and oxygen atoms in total. The molecular formula is C20H32N4O6S. The van der Waals surface area contributed by atoms with E-state index in [1.807, 2.05) is 13.8 Å². The maximum absolute atomic E-state index is 12.5. The first-order chi connectivity index (χ1) is 14.4. The van der Waals surface area contributed by atoms with Crippen molar-refractivity contribution in [2.24, 2.45) is 5.92 Å². The van der Waals surface area contributed by atoms with Crippen molar-refractivity contribution < 1.29 is 27.5 Å². The number of carbonyl (C=O) groups excluding carboxylic acids is 3. The number of ether oxygens (including phenoxy) is 1. The van der Waals surface area contributed by atoms with E-state index in [1.165, 1.54) is 38.1 Å². The molecule has 0 bridgehead atoms. The van der Waals surface area contributed by atoms with Crippen molar-refractivity contribution in [3.05, 3.63) is 24.3 Å². The van der Waals surface area contributed by atoms with Gasteiger partial charge in [0.15, 0.2) is 0 Å². The summed E-state index contributed by atoms with van der Waals surface area (Å²) in [6.07, 6.45) is 0.0405. The Kier molecular flexibility index (Phi) is 10.4. The lowest BCUT2D eigenvalue weighted by Crippen LogP contribution is -2.49. The molecule has 0 aliphatic heterocycles. The van der Waals surface area contributed by atoms with E-state index < -0.39 is 28.1 Å². The number of carbonyl (C=O) groups is 3.